The molecule has 2 heteroatoms. The summed E-state index contributed by atoms with van der Waals surface area (Å²) in [6.45, 7) is 8.28. The van der Waals surface area contributed by atoms with Crippen LogP contribution in [0.25, 0.3) is 0 Å². The Morgan fingerprint density at radius 2 is 1.37 bits per heavy atom. The predicted octanol–water partition coefficient (Wildman–Crippen LogP) is 5.50. The molecule has 0 aromatic carbocycles. The summed E-state index contributed by atoms with van der Waals surface area (Å²) in [6, 6.07) is 0. The molecule has 0 heterocycles. The molecule has 0 bridgehead atoms. The summed E-state index contributed by atoms with van der Waals surface area (Å²) in [6.07, 6.45) is 14.9. The summed E-state index contributed by atoms with van der Waals surface area (Å²) in [5.41, 5.74) is -0.318. The number of hydrogen-bond acceptors (Lipinski definition) is 2. The summed E-state index contributed by atoms with van der Waals surface area (Å²) in [5.74, 6) is 1.06. The molecule has 1 rings (SSSR count). The van der Waals surface area contributed by atoms with Gasteiger partial charge in [-0.15, -0.1) is 0 Å². The van der Waals surface area contributed by atoms with Gasteiger partial charge in [-0.05, 0) is 26.7 Å². The fourth-order valence-electron chi connectivity index (χ4n) is 2.45. The van der Waals surface area contributed by atoms with E-state index in [4.69, 9.17) is 0 Å². The van der Waals surface area contributed by atoms with Gasteiger partial charge < -0.3 is 4.74 Å². The lowest BCUT2D eigenvalue weighted by molar-refractivity contribution is -0.138. The summed E-state index contributed by atoms with van der Waals surface area (Å²) in [5, 5.41) is 0. The highest BCUT2D eigenvalue weighted by Crippen LogP contribution is 2.23. The SMILES string of the molecule is CC(C)(C)OC=O.CCC1CCCCCCCCC1. The van der Waals surface area contributed by atoms with Crippen molar-refractivity contribution in [1.29, 1.82) is 0 Å². The van der Waals surface area contributed by atoms with Crippen molar-refractivity contribution in [3.63, 3.8) is 0 Å². The van der Waals surface area contributed by atoms with Crippen LogP contribution < -0.4 is 0 Å². The molecule has 0 amide bonds. The van der Waals surface area contributed by atoms with Gasteiger partial charge in [0.1, 0.15) is 5.60 Å². The highest BCUT2D eigenvalue weighted by Gasteiger charge is 2.08. The van der Waals surface area contributed by atoms with Gasteiger partial charge in [0.25, 0.3) is 6.47 Å². The van der Waals surface area contributed by atoms with Gasteiger partial charge in [0.15, 0.2) is 0 Å². The zero-order valence-corrected chi connectivity index (χ0v) is 13.5. The molecule has 0 spiro atoms. The van der Waals surface area contributed by atoms with E-state index in [2.05, 4.69) is 11.7 Å². The van der Waals surface area contributed by atoms with Gasteiger partial charge in [-0.25, -0.2) is 0 Å². The van der Waals surface area contributed by atoms with Gasteiger partial charge in [-0.1, -0.05) is 71.1 Å². The maximum atomic E-state index is 9.60. The lowest BCUT2D eigenvalue weighted by atomic mass is 9.91. The highest BCUT2D eigenvalue weighted by atomic mass is 16.5. The van der Waals surface area contributed by atoms with Crippen LogP contribution in [-0.4, -0.2) is 12.1 Å². The molecule has 0 aromatic heterocycles. The van der Waals surface area contributed by atoms with Crippen LogP contribution in [0.4, 0.5) is 0 Å². The molecular weight excluding hydrogens is 236 g/mol. The minimum absolute atomic E-state index is 0.318. The quantitative estimate of drug-likeness (QED) is 0.620. The average molecular weight is 270 g/mol. The summed E-state index contributed by atoms with van der Waals surface area (Å²) in [4.78, 5) is 9.60. The fraction of sp³-hybridized carbons (Fsp3) is 0.941. The van der Waals surface area contributed by atoms with Crippen molar-refractivity contribution >= 4 is 6.47 Å². The van der Waals surface area contributed by atoms with Crippen molar-refractivity contribution in [3.05, 3.63) is 0 Å². The summed E-state index contributed by atoms with van der Waals surface area (Å²) in [7, 11) is 0. The Bertz CT molecular complexity index is 196. The smallest absolute Gasteiger partial charge is 0.293 e. The molecule has 0 atom stereocenters. The highest BCUT2D eigenvalue weighted by molar-refractivity contribution is 5.37. The second kappa shape index (κ2) is 11.3. The third kappa shape index (κ3) is 13.7. The zero-order valence-electron chi connectivity index (χ0n) is 13.5. The molecule has 1 saturated carbocycles. The van der Waals surface area contributed by atoms with E-state index in [0.717, 1.165) is 5.92 Å². The molecule has 0 N–H and O–H groups in total. The Kier molecular flexibility index (Phi) is 11.0. The van der Waals surface area contributed by atoms with Gasteiger partial charge in [-0.3, -0.25) is 4.79 Å². The first-order chi connectivity index (χ1) is 8.99. The van der Waals surface area contributed by atoms with Gasteiger partial charge >= 0.3 is 0 Å². The number of carbonyl (C=O) groups is 1. The lowest BCUT2D eigenvalue weighted by Gasteiger charge is -2.16. The van der Waals surface area contributed by atoms with Crippen LogP contribution in [0.15, 0.2) is 0 Å². The average Bonchev–Trinajstić information content (AvgIpc) is 2.35. The molecule has 114 valence electrons. The van der Waals surface area contributed by atoms with E-state index in [1.807, 2.05) is 20.8 Å². The van der Waals surface area contributed by atoms with E-state index in [-0.39, 0.29) is 5.60 Å². The molecule has 1 fully saturated rings. The Morgan fingerprint density at radius 3 is 1.63 bits per heavy atom. The Hall–Kier alpha value is -0.530. The van der Waals surface area contributed by atoms with Gasteiger partial charge in [0.05, 0.1) is 0 Å². The van der Waals surface area contributed by atoms with Crippen LogP contribution in [0.3, 0.4) is 0 Å². The third-order valence-corrected chi connectivity index (χ3v) is 3.70. The second-order valence-electron chi connectivity index (χ2n) is 6.65. The van der Waals surface area contributed by atoms with Crippen molar-refractivity contribution < 1.29 is 9.53 Å². The van der Waals surface area contributed by atoms with Crippen LogP contribution in [0.5, 0.6) is 0 Å². The number of hydrogen-bond donors (Lipinski definition) is 0. The Labute approximate surface area is 120 Å². The number of rotatable bonds is 2. The molecular formula is C17H34O2. The number of ether oxygens (including phenoxy) is 1. The van der Waals surface area contributed by atoms with Crippen molar-refractivity contribution in [1.82, 2.24) is 0 Å². The van der Waals surface area contributed by atoms with Crippen LogP contribution in [0.2, 0.25) is 0 Å². The molecule has 1 aliphatic rings. The van der Waals surface area contributed by atoms with Crippen molar-refractivity contribution in [2.24, 2.45) is 5.92 Å². The zero-order chi connectivity index (χ0) is 14.6. The minimum atomic E-state index is -0.318. The minimum Gasteiger partial charge on any atom is -0.462 e. The first-order valence-electron chi connectivity index (χ1n) is 8.11. The topological polar surface area (TPSA) is 26.3 Å². The normalized spacial score (nSPS) is 18.9. The van der Waals surface area contributed by atoms with E-state index >= 15 is 0 Å². The molecule has 19 heavy (non-hydrogen) atoms. The molecule has 0 unspecified atom stereocenters. The molecule has 2 nitrogen and oxygen atoms in total. The van der Waals surface area contributed by atoms with E-state index in [1.54, 1.807) is 0 Å². The summed E-state index contributed by atoms with van der Waals surface area (Å²) >= 11 is 0. The predicted molar refractivity (Wildman–Crippen MR) is 82.2 cm³/mol. The van der Waals surface area contributed by atoms with Crippen LogP contribution in [0, 0.1) is 5.92 Å². The Morgan fingerprint density at radius 1 is 0.947 bits per heavy atom. The molecule has 1 aliphatic carbocycles. The summed E-state index contributed by atoms with van der Waals surface area (Å²) < 4.78 is 4.55. The maximum Gasteiger partial charge on any atom is 0.293 e. The first-order valence-corrected chi connectivity index (χ1v) is 8.11. The molecule has 0 radical (unpaired) electrons. The Balaban J connectivity index is 0.000000399. The van der Waals surface area contributed by atoms with Crippen LogP contribution in [-0.2, 0) is 9.53 Å². The van der Waals surface area contributed by atoms with Crippen LogP contribution in [0.1, 0.15) is 91.9 Å². The fourth-order valence-corrected chi connectivity index (χ4v) is 2.45. The van der Waals surface area contributed by atoms with Crippen LogP contribution >= 0.6 is 0 Å². The van der Waals surface area contributed by atoms with E-state index in [0.29, 0.717) is 6.47 Å². The van der Waals surface area contributed by atoms with Gasteiger partial charge in [0, 0.05) is 0 Å². The van der Waals surface area contributed by atoms with Crippen molar-refractivity contribution in [2.45, 2.75) is 97.5 Å². The van der Waals surface area contributed by atoms with Gasteiger partial charge in [-0.2, -0.15) is 0 Å². The second-order valence-corrected chi connectivity index (χ2v) is 6.65. The van der Waals surface area contributed by atoms with E-state index in [9.17, 15) is 4.79 Å². The van der Waals surface area contributed by atoms with Gasteiger partial charge in [0.2, 0.25) is 0 Å². The largest absolute Gasteiger partial charge is 0.462 e. The molecule has 0 saturated heterocycles. The standard InChI is InChI=1S/C12H24.C5H10O2/c1-2-12-10-8-6-4-3-5-7-9-11-12;1-5(2,3)7-4-6/h12H,2-11H2,1H3;4H,1-3H3. The third-order valence-electron chi connectivity index (χ3n) is 3.70. The first kappa shape index (κ1) is 18.5. The van der Waals surface area contributed by atoms with Crippen molar-refractivity contribution in [2.75, 3.05) is 0 Å². The van der Waals surface area contributed by atoms with E-state index < -0.39 is 0 Å². The number of carbonyl (C=O) groups excluding carboxylic acids is 1. The van der Waals surface area contributed by atoms with E-state index in [1.165, 1.54) is 64.2 Å². The lowest BCUT2D eigenvalue weighted by Crippen LogP contribution is -2.17. The van der Waals surface area contributed by atoms with Crippen molar-refractivity contribution in [3.8, 4) is 0 Å². The maximum absolute atomic E-state index is 9.60. The molecule has 0 aliphatic heterocycles. The molecule has 0 aromatic rings. The monoisotopic (exact) mass is 270 g/mol.